The Balaban J connectivity index is 1.86. The first kappa shape index (κ1) is 19.7. The average Bonchev–Trinajstić information content (AvgIpc) is 3.57. The van der Waals surface area contributed by atoms with Gasteiger partial charge in [0.05, 0.1) is 11.3 Å². The summed E-state index contributed by atoms with van der Waals surface area (Å²) in [6.07, 6.45) is 4.49. The van der Waals surface area contributed by atoms with Crippen LogP contribution in [-0.2, 0) is 10.0 Å². The summed E-state index contributed by atoms with van der Waals surface area (Å²) in [5.74, 6) is 0.402. The molecule has 0 heterocycles. The molecule has 2 aromatic carbocycles. The lowest BCUT2D eigenvalue weighted by Gasteiger charge is -2.28. The van der Waals surface area contributed by atoms with Gasteiger partial charge >= 0.3 is 5.97 Å². The van der Waals surface area contributed by atoms with E-state index in [1.165, 1.54) is 6.07 Å². The molecule has 2 saturated carbocycles. The molecule has 0 saturated heterocycles. The van der Waals surface area contributed by atoms with E-state index in [0.29, 0.717) is 23.3 Å². The lowest BCUT2D eigenvalue weighted by atomic mass is 10.1. The van der Waals surface area contributed by atoms with Gasteiger partial charge in [0.1, 0.15) is 10.6 Å². The molecule has 2 aliphatic carbocycles. The molecule has 0 unspecified atom stereocenters. The highest BCUT2D eigenvalue weighted by Crippen LogP contribution is 2.43. The number of rotatable bonds is 9. The van der Waals surface area contributed by atoms with Crippen molar-refractivity contribution in [1.82, 2.24) is 0 Å². The third kappa shape index (κ3) is 4.89. The van der Waals surface area contributed by atoms with E-state index in [0.717, 1.165) is 44.8 Å². The molecule has 29 heavy (non-hydrogen) atoms. The maximum absolute atomic E-state index is 12.3. The summed E-state index contributed by atoms with van der Waals surface area (Å²) in [5, 5.41) is 15.0. The van der Waals surface area contributed by atoms with Gasteiger partial charge in [0.25, 0.3) is 0 Å². The maximum atomic E-state index is 12.3. The van der Waals surface area contributed by atoms with Gasteiger partial charge < -0.3 is 14.7 Å². The number of aromatic carboxylic acids is 1. The molecule has 154 valence electrons. The molecule has 0 radical (unpaired) electrons. The zero-order valence-electron chi connectivity index (χ0n) is 16.0. The van der Waals surface area contributed by atoms with Gasteiger partial charge in [-0.1, -0.05) is 18.2 Å². The van der Waals surface area contributed by atoms with Crippen LogP contribution in [0.25, 0.3) is 0 Å². The van der Waals surface area contributed by atoms with Crippen LogP contribution in [0.1, 0.15) is 36.0 Å². The molecule has 7 nitrogen and oxygen atoms in total. The fraction of sp³-hybridized carbons (Fsp3) is 0.381. The van der Waals surface area contributed by atoms with Crippen LogP contribution in [0.15, 0.2) is 47.4 Å². The SMILES string of the molecule is NS(=O)(=O)c1cc(C(=O)O)cc(N(CC2CC2)CC2CC2)c1Oc1ccccc1. The number of nitrogens with two attached hydrogens (primary N) is 1. The topological polar surface area (TPSA) is 110 Å². The number of hydrogen-bond donors (Lipinski definition) is 2. The number of hydrogen-bond acceptors (Lipinski definition) is 5. The van der Waals surface area contributed by atoms with Crippen molar-refractivity contribution in [2.75, 3.05) is 18.0 Å². The lowest BCUT2D eigenvalue weighted by molar-refractivity contribution is 0.0696. The number of carboxylic acids is 1. The highest BCUT2D eigenvalue weighted by Gasteiger charge is 2.33. The third-order valence-electron chi connectivity index (χ3n) is 5.24. The van der Waals surface area contributed by atoms with Crippen molar-refractivity contribution in [3.05, 3.63) is 48.0 Å². The number of ether oxygens (including phenoxy) is 1. The minimum Gasteiger partial charge on any atom is -0.478 e. The van der Waals surface area contributed by atoms with Gasteiger partial charge in [0, 0.05) is 13.1 Å². The Bertz CT molecular complexity index is 1000. The van der Waals surface area contributed by atoms with Crippen molar-refractivity contribution in [1.29, 1.82) is 0 Å². The number of anilines is 1. The van der Waals surface area contributed by atoms with Crippen molar-refractivity contribution in [2.45, 2.75) is 30.6 Å². The Morgan fingerprint density at radius 2 is 1.66 bits per heavy atom. The molecule has 3 N–H and O–H groups in total. The van der Waals surface area contributed by atoms with E-state index in [1.54, 1.807) is 24.3 Å². The quantitative estimate of drug-likeness (QED) is 0.648. The Labute approximate surface area is 170 Å². The Kier molecular flexibility index (Phi) is 5.23. The van der Waals surface area contributed by atoms with Crippen LogP contribution in [0.3, 0.4) is 0 Å². The molecule has 2 fully saturated rings. The fourth-order valence-electron chi connectivity index (χ4n) is 3.36. The zero-order valence-corrected chi connectivity index (χ0v) is 16.8. The summed E-state index contributed by atoms with van der Waals surface area (Å²) >= 11 is 0. The zero-order chi connectivity index (χ0) is 20.6. The largest absolute Gasteiger partial charge is 0.478 e. The van der Waals surface area contributed by atoms with Crippen LogP contribution in [-0.4, -0.2) is 32.6 Å². The molecule has 0 amide bonds. The van der Waals surface area contributed by atoms with Crippen molar-refractivity contribution in [3.63, 3.8) is 0 Å². The molecule has 2 aliphatic rings. The highest BCUT2D eigenvalue weighted by molar-refractivity contribution is 7.89. The van der Waals surface area contributed by atoms with Crippen LogP contribution in [0.2, 0.25) is 0 Å². The summed E-state index contributed by atoms with van der Waals surface area (Å²) in [7, 11) is -4.21. The summed E-state index contributed by atoms with van der Waals surface area (Å²) in [4.78, 5) is 13.5. The second-order valence-corrected chi connectivity index (χ2v) is 9.41. The van der Waals surface area contributed by atoms with Gasteiger partial charge in [-0.25, -0.2) is 18.4 Å². The number of benzene rings is 2. The predicted molar refractivity (Wildman–Crippen MR) is 109 cm³/mol. The number of carboxylic acid groups (broad SMARTS) is 1. The first-order valence-electron chi connectivity index (χ1n) is 9.73. The van der Waals surface area contributed by atoms with E-state index in [4.69, 9.17) is 9.88 Å². The highest BCUT2D eigenvalue weighted by atomic mass is 32.2. The number of para-hydroxylation sites is 1. The van der Waals surface area contributed by atoms with Gasteiger partial charge in [-0.3, -0.25) is 0 Å². The predicted octanol–water partition coefficient (Wildman–Crippen LogP) is 3.45. The minimum atomic E-state index is -4.21. The maximum Gasteiger partial charge on any atom is 0.335 e. The van der Waals surface area contributed by atoms with E-state index >= 15 is 0 Å². The molecule has 2 aromatic rings. The Morgan fingerprint density at radius 3 is 2.14 bits per heavy atom. The van der Waals surface area contributed by atoms with E-state index in [-0.39, 0.29) is 16.2 Å². The van der Waals surface area contributed by atoms with Crippen molar-refractivity contribution in [3.8, 4) is 11.5 Å². The fourth-order valence-corrected chi connectivity index (χ4v) is 4.06. The monoisotopic (exact) mass is 416 g/mol. The smallest absolute Gasteiger partial charge is 0.335 e. The number of carbonyl (C=O) groups is 1. The van der Waals surface area contributed by atoms with Gasteiger partial charge in [0.15, 0.2) is 5.75 Å². The van der Waals surface area contributed by atoms with Crippen LogP contribution in [0.4, 0.5) is 5.69 Å². The van der Waals surface area contributed by atoms with Crippen LogP contribution >= 0.6 is 0 Å². The standard InChI is InChI=1S/C21H24N2O5S/c22-29(26,27)19-11-16(21(24)25)10-18(20(19)28-17-4-2-1-3-5-17)23(12-14-6-7-14)13-15-8-9-15/h1-5,10-11,14-15H,6-9,12-13H2,(H,24,25)(H2,22,26,27). The molecule has 0 aromatic heterocycles. The van der Waals surface area contributed by atoms with Crippen LogP contribution in [0, 0.1) is 11.8 Å². The van der Waals surface area contributed by atoms with Crippen molar-refractivity contribution in [2.24, 2.45) is 17.0 Å². The lowest BCUT2D eigenvalue weighted by Crippen LogP contribution is -2.29. The Morgan fingerprint density at radius 1 is 1.07 bits per heavy atom. The first-order chi connectivity index (χ1) is 13.8. The summed E-state index contributed by atoms with van der Waals surface area (Å²) in [5.41, 5.74) is 0.345. The molecule has 0 bridgehead atoms. The normalized spacial score (nSPS) is 16.4. The molecular weight excluding hydrogens is 392 g/mol. The second-order valence-electron chi connectivity index (χ2n) is 7.88. The third-order valence-corrected chi connectivity index (χ3v) is 6.16. The van der Waals surface area contributed by atoms with E-state index in [9.17, 15) is 18.3 Å². The molecule has 0 spiro atoms. The van der Waals surface area contributed by atoms with E-state index in [2.05, 4.69) is 4.90 Å². The molecular formula is C21H24N2O5S. The molecule has 8 heteroatoms. The Hall–Kier alpha value is -2.58. The van der Waals surface area contributed by atoms with E-state index < -0.39 is 16.0 Å². The minimum absolute atomic E-state index is 0.0880. The summed E-state index contributed by atoms with van der Waals surface area (Å²) < 4.78 is 30.7. The summed E-state index contributed by atoms with van der Waals surface area (Å²) in [6.45, 7) is 1.49. The van der Waals surface area contributed by atoms with Crippen LogP contribution in [0.5, 0.6) is 11.5 Å². The molecule has 0 atom stereocenters. The summed E-state index contributed by atoms with van der Waals surface area (Å²) in [6, 6.07) is 11.4. The number of nitrogens with zero attached hydrogens (tertiary/aromatic N) is 1. The van der Waals surface area contributed by atoms with Gasteiger partial charge in [-0.05, 0) is 61.8 Å². The van der Waals surface area contributed by atoms with Gasteiger partial charge in [-0.15, -0.1) is 0 Å². The average molecular weight is 416 g/mol. The van der Waals surface area contributed by atoms with Gasteiger partial charge in [-0.2, -0.15) is 0 Å². The second kappa shape index (κ2) is 7.68. The van der Waals surface area contributed by atoms with Crippen molar-refractivity contribution >= 4 is 21.7 Å². The number of sulfonamides is 1. The van der Waals surface area contributed by atoms with Crippen molar-refractivity contribution < 1.29 is 23.1 Å². The molecule has 0 aliphatic heterocycles. The first-order valence-corrected chi connectivity index (χ1v) is 11.3. The molecule has 4 rings (SSSR count). The number of primary sulfonamides is 1. The van der Waals surface area contributed by atoms with Gasteiger partial charge in [0.2, 0.25) is 10.0 Å². The van der Waals surface area contributed by atoms with E-state index in [1.807, 2.05) is 6.07 Å². The van der Waals surface area contributed by atoms with Crippen LogP contribution < -0.4 is 14.8 Å².